The number of halogens is 1. The number of thioether (sulfide) groups is 1. The molecular weight excluding hydrogens is 290 g/mol. The van der Waals surface area contributed by atoms with Gasteiger partial charge in [0.15, 0.2) is 0 Å². The summed E-state index contributed by atoms with van der Waals surface area (Å²) < 4.78 is 6.02. The second-order valence-corrected chi connectivity index (χ2v) is 5.94. The van der Waals surface area contributed by atoms with E-state index >= 15 is 0 Å². The van der Waals surface area contributed by atoms with Crippen molar-refractivity contribution in [3.63, 3.8) is 0 Å². The van der Waals surface area contributed by atoms with E-state index in [1.54, 1.807) is 11.8 Å². The zero-order valence-electron chi connectivity index (χ0n) is 11.5. The number of hydrogen-bond donors (Lipinski definition) is 1. The molecule has 0 saturated carbocycles. The fraction of sp³-hybridized carbons (Fsp3) is 0.250. The van der Waals surface area contributed by atoms with Crippen molar-refractivity contribution < 1.29 is 4.74 Å². The first-order valence-electron chi connectivity index (χ1n) is 6.42. The Hall–Kier alpha value is -1.16. The summed E-state index contributed by atoms with van der Waals surface area (Å²) in [6, 6.07) is 15.5. The van der Waals surface area contributed by atoms with Crippen molar-refractivity contribution >= 4 is 23.4 Å². The van der Waals surface area contributed by atoms with Gasteiger partial charge >= 0.3 is 0 Å². The van der Waals surface area contributed by atoms with E-state index in [-0.39, 0.29) is 12.1 Å². The summed E-state index contributed by atoms with van der Waals surface area (Å²) in [4.78, 5) is 1.21. The predicted octanol–water partition coefficient (Wildman–Crippen LogP) is 4.53. The molecule has 2 nitrogen and oxygen atoms in total. The quantitative estimate of drug-likeness (QED) is 0.824. The van der Waals surface area contributed by atoms with Crippen LogP contribution in [0.25, 0.3) is 0 Å². The smallest absolute Gasteiger partial charge is 0.138 e. The third-order valence-corrected chi connectivity index (χ3v) is 3.96. The lowest BCUT2D eigenvalue weighted by atomic mass is 10.0. The zero-order chi connectivity index (χ0) is 14.5. The molecule has 20 heavy (non-hydrogen) atoms. The second-order valence-electron chi connectivity index (χ2n) is 4.63. The number of benzene rings is 2. The summed E-state index contributed by atoms with van der Waals surface area (Å²) in [5, 5.41) is 0.689. The Balaban J connectivity index is 2.21. The third kappa shape index (κ3) is 3.92. The maximum absolute atomic E-state index is 6.05. The molecular formula is C16H18ClNOS. The fourth-order valence-electron chi connectivity index (χ4n) is 1.96. The van der Waals surface area contributed by atoms with E-state index in [0.717, 1.165) is 11.3 Å². The minimum atomic E-state index is -0.214. The van der Waals surface area contributed by atoms with Crippen LogP contribution in [0, 0.1) is 0 Å². The van der Waals surface area contributed by atoms with Crippen LogP contribution in [-0.4, -0.2) is 12.3 Å². The molecule has 0 bridgehead atoms. The lowest BCUT2D eigenvalue weighted by Crippen LogP contribution is -2.29. The van der Waals surface area contributed by atoms with Gasteiger partial charge in [0.2, 0.25) is 0 Å². The van der Waals surface area contributed by atoms with Gasteiger partial charge in [0.1, 0.15) is 11.9 Å². The van der Waals surface area contributed by atoms with Crippen molar-refractivity contribution in [3.8, 4) is 5.75 Å². The molecule has 0 fully saturated rings. The van der Waals surface area contributed by atoms with Gasteiger partial charge < -0.3 is 10.5 Å². The molecule has 0 heterocycles. The Morgan fingerprint density at radius 2 is 1.85 bits per heavy atom. The summed E-state index contributed by atoms with van der Waals surface area (Å²) in [5.41, 5.74) is 7.04. The number of rotatable bonds is 5. The lowest BCUT2D eigenvalue weighted by Gasteiger charge is -2.23. The lowest BCUT2D eigenvalue weighted by molar-refractivity contribution is 0.180. The van der Waals surface area contributed by atoms with E-state index in [4.69, 9.17) is 22.1 Å². The van der Waals surface area contributed by atoms with E-state index in [9.17, 15) is 0 Å². The molecule has 0 saturated heterocycles. The summed E-state index contributed by atoms with van der Waals surface area (Å²) in [5.74, 6) is 0.810. The van der Waals surface area contributed by atoms with E-state index in [1.165, 1.54) is 4.90 Å². The van der Waals surface area contributed by atoms with Gasteiger partial charge in [-0.15, -0.1) is 11.8 Å². The van der Waals surface area contributed by atoms with Crippen LogP contribution >= 0.6 is 23.4 Å². The van der Waals surface area contributed by atoms with E-state index in [2.05, 4.69) is 0 Å². The van der Waals surface area contributed by atoms with Crippen molar-refractivity contribution in [2.75, 3.05) is 6.26 Å². The van der Waals surface area contributed by atoms with Gasteiger partial charge in [0.25, 0.3) is 0 Å². The van der Waals surface area contributed by atoms with Crippen LogP contribution in [0.4, 0.5) is 0 Å². The van der Waals surface area contributed by atoms with Crippen molar-refractivity contribution in [1.82, 2.24) is 0 Å². The molecule has 0 aromatic heterocycles. The molecule has 2 aromatic rings. The van der Waals surface area contributed by atoms with Crippen LogP contribution in [0.15, 0.2) is 53.4 Å². The Labute approximate surface area is 129 Å². The van der Waals surface area contributed by atoms with Gasteiger partial charge in [-0.05, 0) is 55.1 Å². The maximum Gasteiger partial charge on any atom is 0.138 e. The topological polar surface area (TPSA) is 35.2 Å². The first-order valence-corrected chi connectivity index (χ1v) is 8.02. The normalized spacial score (nSPS) is 13.8. The molecule has 4 heteroatoms. The zero-order valence-corrected chi connectivity index (χ0v) is 13.1. The Morgan fingerprint density at radius 3 is 2.40 bits per heavy atom. The molecule has 0 aliphatic rings. The highest BCUT2D eigenvalue weighted by atomic mass is 35.5. The highest BCUT2D eigenvalue weighted by Crippen LogP contribution is 2.27. The number of nitrogens with two attached hydrogens (primary N) is 1. The minimum Gasteiger partial charge on any atom is -0.484 e. The van der Waals surface area contributed by atoms with Gasteiger partial charge in [-0.1, -0.05) is 23.7 Å². The first-order chi connectivity index (χ1) is 9.60. The number of hydrogen-bond acceptors (Lipinski definition) is 3. The largest absolute Gasteiger partial charge is 0.484 e. The molecule has 2 N–H and O–H groups in total. The molecule has 2 unspecified atom stereocenters. The summed E-state index contributed by atoms with van der Waals surface area (Å²) in [6.45, 7) is 1.93. The van der Waals surface area contributed by atoms with Crippen molar-refractivity contribution in [2.24, 2.45) is 5.73 Å². The average Bonchev–Trinajstić information content (AvgIpc) is 2.45. The second kappa shape index (κ2) is 7.02. The van der Waals surface area contributed by atoms with Crippen LogP contribution < -0.4 is 10.5 Å². The molecule has 2 atom stereocenters. The third-order valence-electron chi connectivity index (χ3n) is 2.98. The summed E-state index contributed by atoms with van der Waals surface area (Å²) in [6.07, 6.45) is 1.83. The minimum absolute atomic E-state index is 0.131. The van der Waals surface area contributed by atoms with Crippen LogP contribution in [0.3, 0.4) is 0 Å². The number of ether oxygens (including phenoxy) is 1. The van der Waals surface area contributed by atoms with Gasteiger partial charge in [-0.2, -0.15) is 0 Å². The highest BCUT2D eigenvalue weighted by molar-refractivity contribution is 7.98. The highest BCUT2D eigenvalue weighted by Gasteiger charge is 2.18. The SMILES string of the molecule is CSc1ccc(OC(c2cccc(Cl)c2)C(C)N)cc1. The van der Waals surface area contributed by atoms with Crippen LogP contribution in [0.2, 0.25) is 5.02 Å². The predicted molar refractivity (Wildman–Crippen MR) is 86.7 cm³/mol. The van der Waals surface area contributed by atoms with Gasteiger partial charge in [0, 0.05) is 16.0 Å². The maximum atomic E-state index is 6.05. The van der Waals surface area contributed by atoms with Crippen LogP contribution in [0.5, 0.6) is 5.75 Å². The van der Waals surface area contributed by atoms with E-state index < -0.39 is 0 Å². The van der Waals surface area contributed by atoms with Gasteiger partial charge in [-0.25, -0.2) is 0 Å². The molecule has 0 spiro atoms. The molecule has 2 rings (SSSR count). The van der Waals surface area contributed by atoms with Crippen molar-refractivity contribution in [1.29, 1.82) is 0 Å². The first kappa shape index (κ1) is 15.2. The monoisotopic (exact) mass is 307 g/mol. The van der Waals surface area contributed by atoms with E-state index in [0.29, 0.717) is 5.02 Å². The van der Waals surface area contributed by atoms with Crippen molar-refractivity contribution in [3.05, 3.63) is 59.1 Å². The molecule has 0 aliphatic heterocycles. The molecule has 0 amide bonds. The Bertz CT molecular complexity index is 557. The van der Waals surface area contributed by atoms with Gasteiger partial charge in [-0.3, -0.25) is 0 Å². The average molecular weight is 308 g/mol. The van der Waals surface area contributed by atoms with Crippen LogP contribution in [-0.2, 0) is 0 Å². The fourth-order valence-corrected chi connectivity index (χ4v) is 2.57. The molecule has 0 radical (unpaired) electrons. The van der Waals surface area contributed by atoms with E-state index in [1.807, 2.05) is 61.7 Å². The molecule has 106 valence electrons. The Morgan fingerprint density at radius 1 is 1.15 bits per heavy atom. The van der Waals surface area contributed by atoms with Crippen LogP contribution in [0.1, 0.15) is 18.6 Å². The van der Waals surface area contributed by atoms with Gasteiger partial charge in [0.05, 0.1) is 0 Å². The summed E-state index contributed by atoms with van der Waals surface area (Å²) in [7, 11) is 0. The van der Waals surface area contributed by atoms with Crippen molar-refractivity contribution in [2.45, 2.75) is 24.0 Å². The summed E-state index contributed by atoms with van der Waals surface area (Å²) >= 11 is 7.74. The standard InChI is InChI=1S/C16H18ClNOS/c1-11(18)16(12-4-3-5-13(17)10-12)19-14-6-8-15(20-2)9-7-14/h3-11,16H,18H2,1-2H3. The Kier molecular flexibility index (Phi) is 5.35. The molecule has 0 aliphatic carbocycles. The molecule has 2 aromatic carbocycles.